The topological polar surface area (TPSA) is 78.5 Å². The van der Waals surface area contributed by atoms with Crippen LogP contribution < -0.4 is 10.6 Å². The van der Waals surface area contributed by atoms with Gasteiger partial charge in [0.2, 0.25) is 5.95 Å². The number of hydrogen-bond donors (Lipinski definition) is 3. The highest BCUT2D eigenvalue weighted by Gasteiger charge is 2.18. The van der Waals surface area contributed by atoms with Gasteiger partial charge in [0.1, 0.15) is 5.82 Å². The van der Waals surface area contributed by atoms with Gasteiger partial charge in [0.25, 0.3) is 0 Å². The molecule has 7 heteroatoms. The Labute approximate surface area is 116 Å². The van der Waals surface area contributed by atoms with Crippen LogP contribution in [0.1, 0.15) is 19.8 Å². The Morgan fingerprint density at radius 3 is 3.21 bits per heavy atom. The van der Waals surface area contributed by atoms with Crippen LogP contribution in [-0.2, 0) is 0 Å². The van der Waals surface area contributed by atoms with E-state index in [1.165, 1.54) is 12.2 Å². The third-order valence-corrected chi connectivity index (χ3v) is 4.28. The molecule has 0 radical (unpaired) electrons. The molecule has 3 N–H and O–H groups in total. The van der Waals surface area contributed by atoms with E-state index in [2.05, 4.69) is 37.7 Å². The highest BCUT2D eigenvalue weighted by atomic mass is 32.2. The van der Waals surface area contributed by atoms with Gasteiger partial charge in [0.15, 0.2) is 5.65 Å². The maximum Gasteiger partial charge on any atom is 0.226 e. The van der Waals surface area contributed by atoms with Crippen molar-refractivity contribution in [3.05, 3.63) is 6.20 Å². The van der Waals surface area contributed by atoms with Gasteiger partial charge in [-0.1, -0.05) is 6.92 Å². The van der Waals surface area contributed by atoms with Gasteiger partial charge in [-0.05, 0) is 18.6 Å². The Hall–Kier alpha value is -1.50. The first-order chi connectivity index (χ1) is 9.36. The fourth-order valence-electron chi connectivity index (χ4n) is 2.10. The monoisotopic (exact) mass is 278 g/mol. The highest BCUT2D eigenvalue weighted by molar-refractivity contribution is 7.99. The van der Waals surface area contributed by atoms with E-state index in [0.29, 0.717) is 12.0 Å². The second-order valence-corrected chi connectivity index (χ2v) is 5.81. The minimum Gasteiger partial charge on any atom is -0.366 e. The smallest absolute Gasteiger partial charge is 0.226 e. The molecule has 0 bridgehead atoms. The molecule has 6 nitrogen and oxygen atoms in total. The van der Waals surface area contributed by atoms with E-state index in [4.69, 9.17) is 0 Å². The van der Waals surface area contributed by atoms with Gasteiger partial charge in [-0.2, -0.15) is 26.8 Å². The maximum absolute atomic E-state index is 4.57. The zero-order valence-electron chi connectivity index (χ0n) is 10.9. The van der Waals surface area contributed by atoms with Crippen LogP contribution in [0.15, 0.2) is 6.20 Å². The number of H-pyrrole nitrogens is 1. The van der Waals surface area contributed by atoms with Crippen molar-refractivity contribution in [1.29, 1.82) is 0 Å². The fourth-order valence-corrected chi connectivity index (χ4v) is 3.25. The molecule has 3 rings (SSSR count). The van der Waals surface area contributed by atoms with Crippen LogP contribution in [0.5, 0.6) is 0 Å². The Morgan fingerprint density at radius 1 is 1.47 bits per heavy atom. The van der Waals surface area contributed by atoms with Crippen LogP contribution in [0.25, 0.3) is 11.0 Å². The number of nitrogens with one attached hydrogen (secondary N) is 3. The second-order valence-electron chi connectivity index (χ2n) is 4.66. The Bertz CT molecular complexity index is 548. The number of aromatic nitrogens is 4. The third-order valence-electron chi connectivity index (χ3n) is 3.11. The Balaban J connectivity index is 1.88. The molecule has 1 atom stereocenters. The summed E-state index contributed by atoms with van der Waals surface area (Å²) in [6.07, 6.45) is 4.02. The molecule has 1 aliphatic rings. The molecule has 3 heterocycles. The summed E-state index contributed by atoms with van der Waals surface area (Å²) in [5, 5.41) is 14.7. The van der Waals surface area contributed by atoms with E-state index in [0.717, 1.165) is 35.6 Å². The van der Waals surface area contributed by atoms with Crippen molar-refractivity contribution >= 4 is 34.6 Å². The molecule has 0 amide bonds. The molecule has 19 heavy (non-hydrogen) atoms. The van der Waals surface area contributed by atoms with Crippen LogP contribution in [0.4, 0.5) is 11.8 Å². The molecular weight excluding hydrogens is 260 g/mol. The van der Waals surface area contributed by atoms with Gasteiger partial charge in [-0.3, -0.25) is 5.10 Å². The quantitative estimate of drug-likeness (QED) is 0.777. The Kier molecular flexibility index (Phi) is 3.72. The first-order valence-electron chi connectivity index (χ1n) is 6.66. The lowest BCUT2D eigenvalue weighted by Gasteiger charge is -2.13. The van der Waals surface area contributed by atoms with E-state index in [9.17, 15) is 0 Å². The largest absolute Gasteiger partial charge is 0.366 e. The summed E-state index contributed by atoms with van der Waals surface area (Å²) in [4.78, 5) is 8.99. The predicted molar refractivity (Wildman–Crippen MR) is 79.8 cm³/mol. The van der Waals surface area contributed by atoms with Crippen molar-refractivity contribution in [2.24, 2.45) is 0 Å². The van der Waals surface area contributed by atoms with Gasteiger partial charge >= 0.3 is 0 Å². The van der Waals surface area contributed by atoms with Gasteiger partial charge in [-0.15, -0.1) is 0 Å². The number of aromatic amines is 1. The molecule has 1 saturated heterocycles. The summed E-state index contributed by atoms with van der Waals surface area (Å²) in [7, 11) is 0. The lowest BCUT2D eigenvalue weighted by Crippen LogP contribution is -2.19. The number of fused-ring (bicyclic) bond motifs is 1. The van der Waals surface area contributed by atoms with Crippen molar-refractivity contribution < 1.29 is 0 Å². The average Bonchev–Trinajstić information content (AvgIpc) is 3.06. The van der Waals surface area contributed by atoms with Gasteiger partial charge in [0, 0.05) is 18.3 Å². The van der Waals surface area contributed by atoms with Gasteiger partial charge in [-0.25, -0.2) is 0 Å². The molecule has 0 aliphatic carbocycles. The summed E-state index contributed by atoms with van der Waals surface area (Å²) >= 11 is 1.98. The number of thioether (sulfide) groups is 1. The standard InChI is InChI=1S/C12H18N6S/c1-2-4-13-12-16-10(15-8-3-5-19-7-8)9-6-14-18-11(9)17-12/h6,8H,2-5,7H2,1H3,(H3,13,14,15,16,17,18). The van der Waals surface area contributed by atoms with Gasteiger partial charge in [0.05, 0.1) is 11.6 Å². The van der Waals surface area contributed by atoms with Crippen LogP contribution in [0.3, 0.4) is 0 Å². The SMILES string of the molecule is CCCNc1nc(NC2CCSC2)c2cn[nH]c2n1. The van der Waals surface area contributed by atoms with Crippen molar-refractivity contribution in [3.63, 3.8) is 0 Å². The first-order valence-corrected chi connectivity index (χ1v) is 7.81. The van der Waals surface area contributed by atoms with E-state index >= 15 is 0 Å². The number of anilines is 2. The van der Waals surface area contributed by atoms with E-state index in [-0.39, 0.29) is 0 Å². The molecule has 1 unspecified atom stereocenters. The summed E-state index contributed by atoms with van der Waals surface area (Å²) < 4.78 is 0. The molecule has 1 aliphatic heterocycles. The zero-order valence-corrected chi connectivity index (χ0v) is 11.8. The molecule has 102 valence electrons. The van der Waals surface area contributed by atoms with E-state index in [1.54, 1.807) is 6.20 Å². The maximum atomic E-state index is 4.57. The zero-order chi connectivity index (χ0) is 13.1. The van der Waals surface area contributed by atoms with Crippen LogP contribution >= 0.6 is 11.8 Å². The lowest BCUT2D eigenvalue weighted by molar-refractivity contribution is 0.807. The normalized spacial score (nSPS) is 18.9. The summed E-state index contributed by atoms with van der Waals surface area (Å²) in [5.74, 6) is 3.90. The third kappa shape index (κ3) is 2.75. The molecule has 2 aromatic rings. The lowest BCUT2D eigenvalue weighted by atomic mass is 10.2. The highest BCUT2D eigenvalue weighted by Crippen LogP contribution is 2.25. The summed E-state index contributed by atoms with van der Waals surface area (Å²) in [6, 6.07) is 0.497. The molecule has 2 aromatic heterocycles. The first kappa shape index (κ1) is 12.5. The second kappa shape index (κ2) is 5.64. The molecule has 1 fully saturated rings. The minimum absolute atomic E-state index is 0.497. The van der Waals surface area contributed by atoms with Gasteiger partial charge < -0.3 is 10.6 Å². The van der Waals surface area contributed by atoms with Crippen LogP contribution in [-0.4, -0.2) is 44.3 Å². The number of rotatable bonds is 5. The minimum atomic E-state index is 0.497. The Morgan fingerprint density at radius 2 is 2.42 bits per heavy atom. The van der Waals surface area contributed by atoms with Crippen molar-refractivity contribution in [1.82, 2.24) is 20.2 Å². The number of hydrogen-bond acceptors (Lipinski definition) is 6. The van der Waals surface area contributed by atoms with Crippen molar-refractivity contribution in [2.45, 2.75) is 25.8 Å². The van der Waals surface area contributed by atoms with Crippen molar-refractivity contribution in [2.75, 3.05) is 28.7 Å². The summed E-state index contributed by atoms with van der Waals surface area (Å²) in [6.45, 7) is 3.00. The molecular formula is C12H18N6S. The summed E-state index contributed by atoms with van der Waals surface area (Å²) in [5.41, 5.74) is 0.779. The molecule has 0 aromatic carbocycles. The van der Waals surface area contributed by atoms with Crippen molar-refractivity contribution in [3.8, 4) is 0 Å². The number of nitrogens with zero attached hydrogens (tertiary/aromatic N) is 3. The predicted octanol–water partition coefficient (Wildman–Crippen LogP) is 2.09. The molecule has 0 saturated carbocycles. The van der Waals surface area contributed by atoms with E-state index < -0.39 is 0 Å². The molecule has 0 spiro atoms. The average molecular weight is 278 g/mol. The van der Waals surface area contributed by atoms with Crippen LogP contribution in [0, 0.1) is 0 Å². The van der Waals surface area contributed by atoms with E-state index in [1.807, 2.05) is 11.8 Å². The fraction of sp³-hybridized carbons (Fsp3) is 0.583. The van der Waals surface area contributed by atoms with Crippen LogP contribution in [0.2, 0.25) is 0 Å².